The van der Waals surface area contributed by atoms with Gasteiger partial charge in [-0.1, -0.05) is 12.1 Å². The van der Waals surface area contributed by atoms with Crippen LogP contribution in [0.1, 0.15) is 31.5 Å². The predicted molar refractivity (Wildman–Crippen MR) is 103 cm³/mol. The van der Waals surface area contributed by atoms with Crippen molar-refractivity contribution in [3.05, 3.63) is 30.1 Å². The summed E-state index contributed by atoms with van der Waals surface area (Å²) in [7, 11) is 0. The van der Waals surface area contributed by atoms with Crippen LogP contribution in [0.15, 0.2) is 24.3 Å². The largest absolute Gasteiger partial charge is 0.376 e. The van der Waals surface area contributed by atoms with Crippen molar-refractivity contribution in [2.75, 3.05) is 19.7 Å². The second kappa shape index (κ2) is 6.91. The minimum atomic E-state index is 0.145. The number of ether oxygens (including phenoxy) is 1. The highest BCUT2D eigenvalue weighted by atomic mass is 16.5. The Morgan fingerprint density at radius 2 is 2.11 bits per heavy atom. The van der Waals surface area contributed by atoms with E-state index >= 15 is 0 Å². The van der Waals surface area contributed by atoms with E-state index in [0.717, 1.165) is 43.0 Å². The molecule has 4 atom stereocenters. The molecule has 5 rings (SSSR count). The number of para-hydroxylation sites is 2. The standard InChI is InChI=1S/C21H28N4O2/c1-14-22-16-6-2-3-7-17(16)25(14)12-8-18(26)23-19-15-9-13-27-21(15)20(19)24-10-4-5-11-24/h2-3,6-7,15,19-21H,4-5,8-13H2,1H3,(H,23,26)/t15-,19+,20-,21-/m1/s1. The van der Waals surface area contributed by atoms with Crippen molar-refractivity contribution in [2.24, 2.45) is 5.92 Å². The predicted octanol–water partition coefficient (Wildman–Crippen LogP) is 2.10. The summed E-state index contributed by atoms with van der Waals surface area (Å²) in [6.45, 7) is 5.80. The maximum absolute atomic E-state index is 12.7. The van der Waals surface area contributed by atoms with Crippen LogP contribution in [0.3, 0.4) is 0 Å². The smallest absolute Gasteiger partial charge is 0.222 e. The number of likely N-dealkylation sites (tertiary alicyclic amines) is 1. The third kappa shape index (κ3) is 2.95. The summed E-state index contributed by atoms with van der Waals surface area (Å²) in [5, 5.41) is 3.35. The molecular formula is C21H28N4O2. The Kier molecular flexibility index (Phi) is 4.40. The number of carbonyl (C=O) groups excluding carboxylic acids is 1. The quantitative estimate of drug-likeness (QED) is 0.878. The van der Waals surface area contributed by atoms with Gasteiger partial charge in [0.2, 0.25) is 5.91 Å². The molecule has 3 aliphatic rings. The maximum Gasteiger partial charge on any atom is 0.222 e. The molecule has 1 aromatic carbocycles. The second-order valence-corrected chi connectivity index (χ2v) is 8.16. The Morgan fingerprint density at radius 1 is 1.30 bits per heavy atom. The second-order valence-electron chi connectivity index (χ2n) is 8.16. The summed E-state index contributed by atoms with van der Waals surface area (Å²) in [5.74, 6) is 1.61. The van der Waals surface area contributed by atoms with Crippen molar-refractivity contribution in [1.29, 1.82) is 0 Å². The van der Waals surface area contributed by atoms with E-state index < -0.39 is 0 Å². The molecule has 144 valence electrons. The van der Waals surface area contributed by atoms with Gasteiger partial charge in [-0.15, -0.1) is 0 Å². The van der Waals surface area contributed by atoms with Crippen LogP contribution in [0.2, 0.25) is 0 Å². The third-order valence-electron chi connectivity index (χ3n) is 6.65. The molecule has 3 fully saturated rings. The molecule has 2 aromatic rings. The van der Waals surface area contributed by atoms with E-state index in [2.05, 4.69) is 25.8 Å². The molecule has 3 heterocycles. The first-order valence-corrected chi connectivity index (χ1v) is 10.3. The average Bonchev–Trinajstić information content (AvgIpc) is 3.38. The molecule has 27 heavy (non-hydrogen) atoms. The van der Waals surface area contributed by atoms with Gasteiger partial charge in [0.15, 0.2) is 0 Å². The summed E-state index contributed by atoms with van der Waals surface area (Å²) in [5.41, 5.74) is 2.10. The van der Waals surface area contributed by atoms with Gasteiger partial charge in [0.1, 0.15) is 5.82 Å². The van der Waals surface area contributed by atoms with E-state index in [9.17, 15) is 4.79 Å². The molecule has 0 bridgehead atoms. The number of aryl methyl sites for hydroxylation is 2. The van der Waals surface area contributed by atoms with E-state index in [1.54, 1.807) is 0 Å². The van der Waals surface area contributed by atoms with Gasteiger partial charge in [-0.25, -0.2) is 4.98 Å². The molecule has 6 nitrogen and oxygen atoms in total. The molecule has 1 amide bonds. The molecular weight excluding hydrogens is 340 g/mol. The van der Waals surface area contributed by atoms with Crippen LogP contribution in [0.4, 0.5) is 0 Å². The molecule has 2 aliphatic heterocycles. The van der Waals surface area contributed by atoms with E-state index in [0.29, 0.717) is 31.0 Å². The van der Waals surface area contributed by atoms with Crippen molar-refractivity contribution in [3.63, 3.8) is 0 Å². The summed E-state index contributed by atoms with van der Waals surface area (Å²) in [4.78, 5) is 19.9. The van der Waals surface area contributed by atoms with Gasteiger partial charge >= 0.3 is 0 Å². The number of rotatable bonds is 5. The Bertz CT molecular complexity index is 837. The van der Waals surface area contributed by atoms with Gasteiger partial charge in [0, 0.05) is 25.5 Å². The lowest BCUT2D eigenvalue weighted by molar-refractivity contribution is -0.129. The van der Waals surface area contributed by atoms with Gasteiger partial charge in [0.25, 0.3) is 0 Å². The number of carbonyl (C=O) groups is 1. The number of benzene rings is 1. The Morgan fingerprint density at radius 3 is 2.96 bits per heavy atom. The monoisotopic (exact) mass is 368 g/mol. The van der Waals surface area contributed by atoms with Crippen molar-refractivity contribution in [3.8, 4) is 0 Å². The molecule has 1 aromatic heterocycles. The topological polar surface area (TPSA) is 59.4 Å². The number of nitrogens with one attached hydrogen (secondary N) is 1. The van der Waals surface area contributed by atoms with Crippen LogP contribution >= 0.6 is 0 Å². The highest BCUT2D eigenvalue weighted by Crippen LogP contribution is 2.42. The molecule has 1 N–H and O–H groups in total. The molecule has 0 unspecified atom stereocenters. The van der Waals surface area contributed by atoms with Gasteiger partial charge in [-0.2, -0.15) is 0 Å². The molecule has 1 aliphatic carbocycles. The number of nitrogens with zero attached hydrogens (tertiary/aromatic N) is 3. The van der Waals surface area contributed by atoms with Crippen molar-refractivity contribution < 1.29 is 9.53 Å². The average molecular weight is 368 g/mol. The van der Waals surface area contributed by atoms with Gasteiger partial charge < -0.3 is 14.6 Å². The third-order valence-corrected chi connectivity index (χ3v) is 6.65. The highest BCUT2D eigenvalue weighted by molar-refractivity contribution is 5.78. The van der Waals surface area contributed by atoms with Crippen LogP contribution in [0.5, 0.6) is 0 Å². The van der Waals surface area contributed by atoms with Crippen molar-refractivity contribution in [1.82, 2.24) is 19.8 Å². The first-order valence-electron chi connectivity index (χ1n) is 10.3. The number of imidazole rings is 1. The Hall–Kier alpha value is -1.92. The van der Waals surface area contributed by atoms with E-state index in [-0.39, 0.29) is 11.9 Å². The van der Waals surface area contributed by atoms with Crippen LogP contribution in [-0.4, -0.2) is 58.2 Å². The zero-order chi connectivity index (χ0) is 18.4. The summed E-state index contributed by atoms with van der Waals surface area (Å²) >= 11 is 0. The number of hydrogen-bond donors (Lipinski definition) is 1. The Labute approximate surface area is 159 Å². The number of fused-ring (bicyclic) bond motifs is 2. The SMILES string of the molecule is Cc1nc2ccccc2n1CCC(=O)N[C@H]1[C@H]2CCO[C@H]2[C@@H]1N1CCCC1. The first-order chi connectivity index (χ1) is 13.2. The van der Waals surface area contributed by atoms with E-state index in [4.69, 9.17) is 4.74 Å². The fourth-order valence-electron chi connectivity index (χ4n) is 5.29. The van der Waals surface area contributed by atoms with E-state index in [1.165, 1.54) is 12.8 Å². The fourth-order valence-corrected chi connectivity index (χ4v) is 5.29. The van der Waals surface area contributed by atoms with Crippen LogP contribution < -0.4 is 5.32 Å². The maximum atomic E-state index is 12.7. The number of aromatic nitrogens is 2. The number of amides is 1. The highest BCUT2D eigenvalue weighted by Gasteiger charge is 2.56. The van der Waals surface area contributed by atoms with Crippen LogP contribution in [-0.2, 0) is 16.1 Å². The van der Waals surface area contributed by atoms with Crippen molar-refractivity contribution >= 4 is 16.9 Å². The molecule has 0 radical (unpaired) electrons. The molecule has 2 saturated heterocycles. The van der Waals surface area contributed by atoms with E-state index in [1.807, 2.05) is 25.1 Å². The lowest BCUT2D eigenvalue weighted by Gasteiger charge is -2.51. The number of hydrogen-bond acceptors (Lipinski definition) is 4. The lowest BCUT2D eigenvalue weighted by atomic mass is 9.70. The first kappa shape index (κ1) is 17.2. The van der Waals surface area contributed by atoms with Crippen LogP contribution in [0.25, 0.3) is 11.0 Å². The van der Waals surface area contributed by atoms with Crippen molar-refractivity contribution in [2.45, 2.75) is 57.3 Å². The van der Waals surface area contributed by atoms with Gasteiger partial charge in [-0.05, 0) is 51.4 Å². The summed E-state index contributed by atoms with van der Waals surface area (Å²) in [6, 6.07) is 8.75. The normalized spacial score (nSPS) is 30.4. The zero-order valence-electron chi connectivity index (χ0n) is 15.9. The molecule has 1 saturated carbocycles. The zero-order valence-corrected chi connectivity index (χ0v) is 15.9. The Balaban J connectivity index is 1.24. The van der Waals surface area contributed by atoms with Gasteiger partial charge in [-0.3, -0.25) is 9.69 Å². The molecule has 0 spiro atoms. The lowest BCUT2D eigenvalue weighted by Crippen LogP contribution is -2.70. The fraction of sp³-hybridized carbons (Fsp3) is 0.619. The minimum absolute atomic E-state index is 0.145. The molecule has 6 heteroatoms. The minimum Gasteiger partial charge on any atom is -0.376 e. The summed E-state index contributed by atoms with van der Waals surface area (Å²) < 4.78 is 8.11. The van der Waals surface area contributed by atoms with Gasteiger partial charge in [0.05, 0.1) is 29.2 Å². The summed E-state index contributed by atoms with van der Waals surface area (Å²) in [6.07, 6.45) is 4.42. The van der Waals surface area contributed by atoms with Crippen LogP contribution in [0, 0.1) is 12.8 Å².